The van der Waals surface area contributed by atoms with Gasteiger partial charge >= 0.3 is 6.03 Å². The van der Waals surface area contributed by atoms with Crippen molar-refractivity contribution in [1.82, 2.24) is 0 Å². The van der Waals surface area contributed by atoms with E-state index >= 15 is 0 Å². The molecule has 154 valence electrons. The number of carbonyl (C=O) groups is 2. The molecule has 5 nitrogen and oxygen atoms in total. The molecule has 0 saturated carbocycles. The van der Waals surface area contributed by atoms with Gasteiger partial charge in [0, 0.05) is 32.8 Å². The molecule has 0 aliphatic rings. The minimum atomic E-state index is -0.347. The molecule has 0 atom stereocenters. The lowest BCUT2D eigenvalue weighted by Gasteiger charge is -2.13. The van der Waals surface area contributed by atoms with Crippen molar-refractivity contribution in [2.75, 3.05) is 16.0 Å². The van der Waals surface area contributed by atoms with Crippen molar-refractivity contribution in [3.8, 4) is 0 Å². The maximum atomic E-state index is 12.7. The number of thioether (sulfide) groups is 1. The van der Waals surface area contributed by atoms with Gasteiger partial charge in [-0.25, -0.2) is 4.79 Å². The van der Waals surface area contributed by atoms with E-state index in [1.165, 1.54) is 0 Å². The maximum Gasteiger partial charge on any atom is 0.323 e. The number of benzene rings is 3. The molecule has 0 fully saturated rings. The number of amides is 3. The van der Waals surface area contributed by atoms with Gasteiger partial charge in [0.05, 0.1) is 0 Å². The van der Waals surface area contributed by atoms with Crippen LogP contribution >= 0.6 is 11.8 Å². The number of hydrogen-bond donors (Lipinski definition) is 3. The van der Waals surface area contributed by atoms with Gasteiger partial charge in [0.15, 0.2) is 0 Å². The summed E-state index contributed by atoms with van der Waals surface area (Å²) >= 11 is 1.76. The molecule has 0 aromatic heterocycles. The molecule has 0 unspecified atom stereocenters. The Kier molecular flexibility index (Phi) is 7.14. The highest BCUT2D eigenvalue weighted by atomic mass is 32.2. The number of carbonyl (C=O) groups excluding carboxylic acids is 2. The lowest BCUT2D eigenvalue weighted by atomic mass is 10.1. The van der Waals surface area contributed by atoms with Gasteiger partial charge in [0.25, 0.3) is 5.91 Å². The summed E-state index contributed by atoms with van der Waals surface area (Å²) in [7, 11) is 0. The zero-order valence-corrected chi connectivity index (χ0v) is 18.0. The quantitative estimate of drug-likeness (QED) is 0.405. The van der Waals surface area contributed by atoms with Crippen LogP contribution in [-0.2, 0) is 0 Å². The van der Waals surface area contributed by atoms with E-state index in [2.05, 4.69) is 29.8 Å². The van der Waals surface area contributed by atoms with E-state index in [1.54, 1.807) is 23.9 Å². The van der Waals surface area contributed by atoms with Crippen LogP contribution in [-0.4, -0.2) is 17.2 Å². The normalized spacial score (nSPS) is 10.5. The molecule has 3 aromatic rings. The summed E-state index contributed by atoms with van der Waals surface area (Å²) in [5.74, 6) is -0.190. The number of nitrogens with one attached hydrogen (secondary N) is 3. The van der Waals surface area contributed by atoms with E-state index in [4.69, 9.17) is 0 Å². The Morgan fingerprint density at radius 1 is 0.800 bits per heavy atom. The van der Waals surface area contributed by atoms with Crippen molar-refractivity contribution >= 4 is 40.8 Å². The second kappa shape index (κ2) is 9.98. The smallest absolute Gasteiger partial charge is 0.322 e. The summed E-state index contributed by atoms with van der Waals surface area (Å²) < 4.78 is 0. The Morgan fingerprint density at radius 2 is 1.47 bits per heavy atom. The van der Waals surface area contributed by atoms with Gasteiger partial charge in [0.2, 0.25) is 0 Å². The fourth-order valence-corrected chi connectivity index (χ4v) is 3.64. The predicted octanol–water partition coefficient (Wildman–Crippen LogP) is 6.39. The van der Waals surface area contributed by atoms with Gasteiger partial charge in [-0.3, -0.25) is 4.79 Å². The summed E-state index contributed by atoms with van der Waals surface area (Å²) in [6.07, 6.45) is 0. The van der Waals surface area contributed by atoms with Crippen molar-refractivity contribution in [2.24, 2.45) is 0 Å². The molecule has 3 amide bonds. The highest BCUT2D eigenvalue weighted by Gasteiger charge is 2.10. The number of rotatable bonds is 6. The van der Waals surface area contributed by atoms with Crippen LogP contribution in [0.2, 0.25) is 0 Å². The fourth-order valence-electron chi connectivity index (χ4n) is 2.80. The van der Waals surface area contributed by atoms with Crippen LogP contribution in [0.15, 0.2) is 77.7 Å². The minimum Gasteiger partial charge on any atom is -0.322 e. The summed E-state index contributed by atoms with van der Waals surface area (Å²) in [4.78, 5) is 26.0. The Labute approximate surface area is 181 Å². The van der Waals surface area contributed by atoms with E-state index in [0.29, 0.717) is 27.9 Å². The van der Waals surface area contributed by atoms with Crippen LogP contribution in [0.1, 0.15) is 29.8 Å². The van der Waals surface area contributed by atoms with Crippen LogP contribution in [0.25, 0.3) is 0 Å². The lowest BCUT2D eigenvalue weighted by molar-refractivity contribution is 0.102. The molecule has 0 aliphatic heterocycles. The van der Waals surface area contributed by atoms with E-state index in [1.807, 2.05) is 67.6 Å². The molecule has 3 aromatic carbocycles. The molecule has 0 saturated heterocycles. The average Bonchev–Trinajstić information content (AvgIpc) is 2.71. The highest BCUT2D eigenvalue weighted by molar-refractivity contribution is 7.99. The Balaban J connectivity index is 1.66. The van der Waals surface area contributed by atoms with Crippen LogP contribution in [0, 0.1) is 6.92 Å². The predicted molar refractivity (Wildman–Crippen MR) is 126 cm³/mol. The Bertz CT molecular complexity index is 1020. The molecule has 3 rings (SSSR count). The first-order valence-corrected chi connectivity index (χ1v) is 10.6. The number of anilines is 3. The first kappa shape index (κ1) is 21.5. The first-order valence-electron chi connectivity index (χ1n) is 9.72. The van der Waals surface area contributed by atoms with E-state index < -0.39 is 0 Å². The van der Waals surface area contributed by atoms with E-state index in [9.17, 15) is 9.59 Å². The fraction of sp³-hybridized carbons (Fsp3) is 0.167. The van der Waals surface area contributed by atoms with Gasteiger partial charge < -0.3 is 16.0 Å². The van der Waals surface area contributed by atoms with Crippen molar-refractivity contribution < 1.29 is 9.59 Å². The standard InChI is InChI=1S/C24H25N3O2S/c1-16(2)30-21-13-10-18(11-14-21)23(28)27-22-15-20(12-9-17(22)3)26-24(29)25-19-7-5-4-6-8-19/h4-16H,1-3H3,(H,27,28)(H2,25,26,29). The summed E-state index contributed by atoms with van der Waals surface area (Å²) in [6, 6.07) is 21.8. The highest BCUT2D eigenvalue weighted by Crippen LogP contribution is 2.24. The zero-order chi connectivity index (χ0) is 21.5. The van der Waals surface area contributed by atoms with Crippen LogP contribution < -0.4 is 16.0 Å². The Hall–Kier alpha value is -3.25. The molecule has 0 radical (unpaired) electrons. The van der Waals surface area contributed by atoms with Crippen molar-refractivity contribution in [3.63, 3.8) is 0 Å². The van der Waals surface area contributed by atoms with Gasteiger partial charge in [-0.15, -0.1) is 11.8 Å². The molecular weight excluding hydrogens is 394 g/mol. The van der Waals surface area contributed by atoms with Crippen LogP contribution in [0.4, 0.5) is 21.9 Å². The monoisotopic (exact) mass is 419 g/mol. The minimum absolute atomic E-state index is 0.190. The maximum absolute atomic E-state index is 12.7. The molecule has 0 spiro atoms. The number of hydrogen-bond acceptors (Lipinski definition) is 3. The molecule has 0 aliphatic carbocycles. The summed E-state index contributed by atoms with van der Waals surface area (Å²) in [5.41, 5.74) is 3.44. The van der Waals surface area contributed by atoms with Crippen molar-refractivity contribution in [3.05, 3.63) is 83.9 Å². The van der Waals surface area contributed by atoms with Gasteiger partial charge in [0.1, 0.15) is 0 Å². The molecule has 0 heterocycles. The third-order valence-electron chi connectivity index (χ3n) is 4.26. The third-order valence-corrected chi connectivity index (χ3v) is 5.28. The number of urea groups is 1. The Morgan fingerprint density at radius 3 is 2.13 bits per heavy atom. The first-order chi connectivity index (χ1) is 14.4. The van der Waals surface area contributed by atoms with Gasteiger partial charge in [-0.05, 0) is 61.0 Å². The summed E-state index contributed by atoms with van der Waals surface area (Å²) in [5, 5.41) is 8.98. The van der Waals surface area contributed by atoms with Crippen LogP contribution in [0.5, 0.6) is 0 Å². The van der Waals surface area contributed by atoms with Gasteiger partial charge in [-0.1, -0.05) is 38.1 Å². The summed E-state index contributed by atoms with van der Waals surface area (Å²) in [6.45, 7) is 6.18. The number of aryl methyl sites for hydroxylation is 1. The topological polar surface area (TPSA) is 70.2 Å². The lowest BCUT2D eigenvalue weighted by Crippen LogP contribution is -2.19. The molecule has 30 heavy (non-hydrogen) atoms. The second-order valence-corrected chi connectivity index (χ2v) is 8.77. The van der Waals surface area contributed by atoms with E-state index in [-0.39, 0.29) is 11.9 Å². The molecule has 3 N–H and O–H groups in total. The zero-order valence-electron chi connectivity index (χ0n) is 17.2. The average molecular weight is 420 g/mol. The molecular formula is C24H25N3O2S. The van der Waals surface area contributed by atoms with Gasteiger partial charge in [-0.2, -0.15) is 0 Å². The van der Waals surface area contributed by atoms with Crippen molar-refractivity contribution in [1.29, 1.82) is 0 Å². The second-order valence-electron chi connectivity index (χ2n) is 7.12. The SMILES string of the molecule is Cc1ccc(NC(=O)Nc2ccccc2)cc1NC(=O)c1ccc(SC(C)C)cc1. The number of para-hydroxylation sites is 1. The third kappa shape index (κ3) is 6.12. The molecule has 0 bridgehead atoms. The van der Waals surface area contributed by atoms with Crippen LogP contribution in [0.3, 0.4) is 0 Å². The van der Waals surface area contributed by atoms with Crippen molar-refractivity contribution in [2.45, 2.75) is 30.9 Å². The van der Waals surface area contributed by atoms with E-state index in [0.717, 1.165) is 10.5 Å². The molecule has 6 heteroatoms. The largest absolute Gasteiger partial charge is 0.323 e.